The third-order valence-electron chi connectivity index (χ3n) is 1.96. The Morgan fingerprint density at radius 2 is 1.75 bits per heavy atom. The molecule has 2 heterocycles. The molecule has 1 aliphatic heterocycles. The summed E-state index contributed by atoms with van der Waals surface area (Å²) in [7, 11) is 0. The lowest BCUT2D eigenvalue weighted by atomic mass is 10.4. The second-order valence-corrected chi connectivity index (χ2v) is 2.92. The molecule has 0 spiro atoms. The average Bonchev–Trinajstić information content (AvgIpc) is 2.18. The molecule has 16 heavy (non-hydrogen) atoms. The Kier molecular flexibility index (Phi) is 6.09. The first-order valence-electron chi connectivity index (χ1n) is 4.29. The van der Waals surface area contributed by atoms with E-state index in [1.807, 2.05) is 4.98 Å². The fraction of sp³-hybridized carbons (Fsp3) is 0.571. The van der Waals surface area contributed by atoms with Crippen LogP contribution in [0.15, 0.2) is 9.59 Å². The van der Waals surface area contributed by atoms with Crippen molar-refractivity contribution >= 4 is 30.8 Å². The number of rotatable bonds is 1. The van der Waals surface area contributed by atoms with E-state index in [9.17, 15) is 9.59 Å². The van der Waals surface area contributed by atoms with Gasteiger partial charge in [0.05, 0.1) is 13.2 Å². The second kappa shape index (κ2) is 6.51. The molecule has 0 saturated carbocycles. The van der Waals surface area contributed by atoms with E-state index in [1.165, 1.54) is 0 Å². The lowest BCUT2D eigenvalue weighted by Gasteiger charge is -2.26. The van der Waals surface area contributed by atoms with Crippen molar-refractivity contribution in [3.05, 3.63) is 21.0 Å². The number of hydrogen-bond donors (Lipinski definition) is 2. The van der Waals surface area contributed by atoms with Crippen LogP contribution in [0.5, 0.6) is 0 Å². The van der Waals surface area contributed by atoms with Gasteiger partial charge >= 0.3 is 11.4 Å². The quantitative estimate of drug-likeness (QED) is 0.693. The molecule has 0 radical (unpaired) electrons. The molecule has 9 heteroatoms. The van der Waals surface area contributed by atoms with Gasteiger partial charge in [-0.2, -0.15) is 4.98 Å². The van der Waals surface area contributed by atoms with E-state index < -0.39 is 11.4 Å². The van der Waals surface area contributed by atoms with Crippen molar-refractivity contribution in [1.29, 1.82) is 0 Å². The Morgan fingerprint density at radius 3 is 2.31 bits per heavy atom. The summed E-state index contributed by atoms with van der Waals surface area (Å²) in [5.41, 5.74) is -1.17. The Morgan fingerprint density at radius 1 is 1.12 bits per heavy atom. The topological polar surface area (TPSA) is 91.1 Å². The van der Waals surface area contributed by atoms with Crippen molar-refractivity contribution < 1.29 is 4.74 Å². The third-order valence-corrected chi connectivity index (χ3v) is 1.96. The van der Waals surface area contributed by atoms with Gasteiger partial charge in [0.15, 0.2) is 0 Å². The van der Waals surface area contributed by atoms with E-state index in [4.69, 9.17) is 4.74 Å². The Hall–Kier alpha value is -1.05. The third kappa shape index (κ3) is 3.51. The molecule has 1 saturated heterocycles. The summed E-state index contributed by atoms with van der Waals surface area (Å²) in [4.78, 5) is 31.8. The van der Waals surface area contributed by atoms with Crippen LogP contribution >= 0.6 is 24.8 Å². The molecule has 1 aromatic rings. The van der Waals surface area contributed by atoms with Gasteiger partial charge in [-0.1, -0.05) is 0 Å². The van der Waals surface area contributed by atoms with Crippen LogP contribution in [-0.2, 0) is 4.74 Å². The zero-order valence-corrected chi connectivity index (χ0v) is 9.90. The van der Waals surface area contributed by atoms with Gasteiger partial charge in [0.25, 0.3) is 0 Å². The standard InChI is InChI=1S/C7H10N4O3.2ClH/c12-6-8-5(9-7(13)10-6)11-1-3-14-4-2-11;;/h1-4H2,(H2,8,9,10,12,13);2*1H. The molecule has 1 fully saturated rings. The molecular formula is C7H12Cl2N4O3. The molecule has 7 nitrogen and oxygen atoms in total. The number of hydrogen-bond acceptors (Lipinski definition) is 5. The number of nitrogens with one attached hydrogen (secondary N) is 2. The maximum atomic E-state index is 10.9. The Balaban J connectivity index is 0.00000112. The van der Waals surface area contributed by atoms with Crippen molar-refractivity contribution in [1.82, 2.24) is 15.0 Å². The predicted molar refractivity (Wildman–Crippen MR) is 63.0 cm³/mol. The average molecular weight is 271 g/mol. The van der Waals surface area contributed by atoms with Crippen LogP contribution < -0.4 is 16.3 Å². The summed E-state index contributed by atoms with van der Waals surface area (Å²) < 4.78 is 5.13. The van der Waals surface area contributed by atoms with Crippen LogP contribution in [0.2, 0.25) is 0 Å². The molecule has 0 atom stereocenters. The van der Waals surface area contributed by atoms with Crippen molar-refractivity contribution in [3.8, 4) is 0 Å². The highest BCUT2D eigenvalue weighted by molar-refractivity contribution is 5.85. The van der Waals surface area contributed by atoms with Crippen LogP contribution in [0.3, 0.4) is 0 Å². The molecule has 92 valence electrons. The summed E-state index contributed by atoms with van der Waals surface area (Å²) in [5, 5.41) is 0. The van der Waals surface area contributed by atoms with Gasteiger partial charge in [-0.05, 0) is 0 Å². The van der Waals surface area contributed by atoms with Crippen molar-refractivity contribution in [3.63, 3.8) is 0 Å². The first-order valence-corrected chi connectivity index (χ1v) is 4.29. The maximum Gasteiger partial charge on any atom is 0.352 e. The minimum atomic E-state index is -0.629. The molecule has 1 aliphatic rings. The van der Waals surface area contributed by atoms with Crippen LogP contribution in [-0.4, -0.2) is 41.3 Å². The molecule has 2 N–H and O–H groups in total. The van der Waals surface area contributed by atoms with Gasteiger partial charge in [0, 0.05) is 13.1 Å². The lowest BCUT2D eigenvalue weighted by molar-refractivity contribution is 0.122. The molecule has 0 unspecified atom stereocenters. The molecule has 0 aromatic carbocycles. The van der Waals surface area contributed by atoms with Gasteiger partial charge in [-0.25, -0.2) is 9.59 Å². The molecule has 2 rings (SSSR count). The van der Waals surface area contributed by atoms with Crippen LogP contribution in [0, 0.1) is 0 Å². The number of nitrogens with zero attached hydrogens (tertiary/aromatic N) is 2. The van der Waals surface area contributed by atoms with E-state index in [0.29, 0.717) is 32.3 Å². The highest BCUT2D eigenvalue weighted by atomic mass is 35.5. The van der Waals surface area contributed by atoms with E-state index in [2.05, 4.69) is 9.97 Å². The molecular weight excluding hydrogens is 259 g/mol. The first-order chi connectivity index (χ1) is 6.75. The fourth-order valence-electron chi connectivity index (χ4n) is 1.31. The predicted octanol–water partition coefficient (Wildman–Crippen LogP) is -0.862. The number of halogens is 2. The summed E-state index contributed by atoms with van der Waals surface area (Å²) in [6.07, 6.45) is 0. The van der Waals surface area contributed by atoms with E-state index in [-0.39, 0.29) is 24.8 Å². The molecule has 0 aliphatic carbocycles. The summed E-state index contributed by atoms with van der Waals surface area (Å²) in [5.74, 6) is 0.307. The largest absolute Gasteiger partial charge is 0.378 e. The first kappa shape index (κ1) is 14.9. The number of H-pyrrole nitrogens is 2. The molecule has 1 aromatic heterocycles. The number of aromatic amines is 2. The van der Waals surface area contributed by atoms with Crippen LogP contribution in [0.25, 0.3) is 0 Å². The fourth-order valence-corrected chi connectivity index (χ4v) is 1.31. The summed E-state index contributed by atoms with van der Waals surface area (Å²) >= 11 is 0. The van der Waals surface area contributed by atoms with Crippen molar-refractivity contribution in [2.45, 2.75) is 0 Å². The highest BCUT2D eigenvalue weighted by Gasteiger charge is 2.13. The van der Waals surface area contributed by atoms with Gasteiger partial charge in [-0.15, -0.1) is 24.8 Å². The Bertz CT molecular complexity index is 398. The minimum Gasteiger partial charge on any atom is -0.378 e. The van der Waals surface area contributed by atoms with E-state index in [0.717, 1.165) is 0 Å². The van der Waals surface area contributed by atoms with E-state index in [1.54, 1.807) is 4.90 Å². The smallest absolute Gasteiger partial charge is 0.352 e. The van der Waals surface area contributed by atoms with Crippen molar-refractivity contribution in [2.75, 3.05) is 31.2 Å². The van der Waals surface area contributed by atoms with Gasteiger partial charge in [0.2, 0.25) is 5.95 Å². The molecule has 0 amide bonds. The Labute approximate surface area is 103 Å². The maximum absolute atomic E-state index is 10.9. The number of ether oxygens (including phenoxy) is 1. The SMILES string of the molecule is Cl.Cl.O=c1nc(N2CCOCC2)[nH]c(=O)[nH]1. The minimum absolute atomic E-state index is 0. The zero-order chi connectivity index (χ0) is 9.97. The molecule has 0 bridgehead atoms. The van der Waals surface area contributed by atoms with E-state index >= 15 is 0 Å². The van der Waals surface area contributed by atoms with Crippen molar-refractivity contribution in [2.24, 2.45) is 0 Å². The summed E-state index contributed by atoms with van der Waals surface area (Å²) in [6, 6.07) is 0. The van der Waals surface area contributed by atoms with Gasteiger partial charge < -0.3 is 9.64 Å². The lowest BCUT2D eigenvalue weighted by Crippen LogP contribution is -2.40. The summed E-state index contributed by atoms with van der Waals surface area (Å²) in [6.45, 7) is 2.42. The highest BCUT2D eigenvalue weighted by Crippen LogP contribution is 2.04. The monoisotopic (exact) mass is 270 g/mol. The zero-order valence-electron chi connectivity index (χ0n) is 8.26. The van der Waals surface area contributed by atoms with Crippen LogP contribution in [0.1, 0.15) is 0 Å². The number of morpholine rings is 1. The van der Waals surface area contributed by atoms with Gasteiger partial charge in [0.1, 0.15) is 0 Å². The number of aromatic nitrogens is 3. The van der Waals surface area contributed by atoms with Crippen LogP contribution in [0.4, 0.5) is 5.95 Å². The normalized spacial score (nSPS) is 14.9. The van der Waals surface area contributed by atoms with Gasteiger partial charge in [-0.3, -0.25) is 9.97 Å². The number of anilines is 1. The second-order valence-electron chi connectivity index (χ2n) is 2.92.